The summed E-state index contributed by atoms with van der Waals surface area (Å²) in [6.45, 7) is 3.89. The van der Waals surface area contributed by atoms with Crippen molar-refractivity contribution in [2.24, 2.45) is 0 Å². The van der Waals surface area contributed by atoms with Crippen LogP contribution in [0, 0.1) is 0 Å². The fourth-order valence-corrected chi connectivity index (χ4v) is 4.10. The second-order valence-electron chi connectivity index (χ2n) is 6.25. The van der Waals surface area contributed by atoms with Crippen LogP contribution in [0.1, 0.15) is 32.7 Å². The second kappa shape index (κ2) is 5.34. The third-order valence-corrected chi connectivity index (χ3v) is 5.79. The quantitative estimate of drug-likeness (QED) is 0.709. The lowest BCUT2D eigenvalue weighted by atomic mass is 10.3. The van der Waals surface area contributed by atoms with Crippen LogP contribution in [0.3, 0.4) is 0 Å². The molecule has 0 atom stereocenters. The molecule has 4 rings (SSSR count). The van der Waals surface area contributed by atoms with Crippen LogP contribution in [0.15, 0.2) is 46.0 Å². The minimum Gasteiger partial charge on any atom is -0.423 e. The van der Waals surface area contributed by atoms with Crippen LogP contribution in [-0.4, -0.2) is 29.2 Å². The van der Waals surface area contributed by atoms with Gasteiger partial charge in [-0.3, -0.25) is 4.68 Å². The Labute approximate surface area is 139 Å². The highest BCUT2D eigenvalue weighted by Gasteiger charge is 2.41. The lowest BCUT2D eigenvalue weighted by Crippen LogP contribution is -2.33. The molecule has 2 heterocycles. The molecule has 1 saturated carbocycles. The van der Waals surface area contributed by atoms with E-state index in [1.54, 1.807) is 23.0 Å². The first-order chi connectivity index (χ1) is 11.5. The highest BCUT2D eigenvalue weighted by atomic mass is 32.2. The highest BCUT2D eigenvalue weighted by molar-refractivity contribution is 7.92. The van der Waals surface area contributed by atoms with Crippen LogP contribution in [0.4, 0.5) is 6.01 Å². The maximum atomic E-state index is 13.1. The van der Waals surface area contributed by atoms with Gasteiger partial charge in [0.25, 0.3) is 10.0 Å². The first kappa shape index (κ1) is 15.2. The maximum absolute atomic E-state index is 13.1. The molecule has 0 N–H and O–H groups in total. The predicted molar refractivity (Wildman–Crippen MR) is 89.3 cm³/mol. The number of nitrogens with zero attached hydrogens (tertiary/aromatic N) is 4. The highest BCUT2D eigenvalue weighted by Crippen LogP contribution is 2.37. The number of oxazole rings is 1. The minimum atomic E-state index is -3.76. The number of aromatic nitrogens is 3. The van der Waals surface area contributed by atoms with Crippen molar-refractivity contribution in [2.45, 2.75) is 43.7 Å². The Balaban J connectivity index is 1.79. The van der Waals surface area contributed by atoms with Gasteiger partial charge in [-0.05, 0) is 38.8 Å². The van der Waals surface area contributed by atoms with Crippen LogP contribution in [0.25, 0.3) is 11.1 Å². The molecule has 0 unspecified atom stereocenters. The molecule has 0 amide bonds. The summed E-state index contributed by atoms with van der Waals surface area (Å²) in [5.41, 5.74) is 1.22. The Kier molecular flexibility index (Phi) is 3.38. The molecule has 126 valence electrons. The minimum absolute atomic E-state index is 0.0904. The number of benzene rings is 1. The average Bonchev–Trinajstić information content (AvgIpc) is 3.08. The fourth-order valence-electron chi connectivity index (χ4n) is 2.57. The monoisotopic (exact) mass is 346 g/mol. The van der Waals surface area contributed by atoms with Crippen molar-refractivity contribution < 1.29 is 12.8 Å². The summed E-state index contributed by atoms with van der Waals surface area (Å²) in [5.74, 6) is 0. The van der Waals surface area contributed by atoms with Gasteiger partial charge in [0.1, 0.15) is 10.4 Å². The molecule has 1 aromatic carbocycles. The number of hydrogen-bond acceptors (Lipinski definition) is 5. The first-order valence-electron chi connectivity index (χ1n) is 7.91. The average molecular weight is 346 g/mol. The Morgan fingerprint density at radius 2 is 2.04 bits per heavy atom. The zero-order valence-corrected chi connectivity index (χ0v) is 14.3. The molecular weight excluding hydrogens is 328 g/mol. The van der Waals surface area contributed by atoms with Gasteiger partial charge in [0.2, 0.25) is 0 Å². The first-order valence-corrected chi connectivity index (χ1v) is 9.35. The molecule has 1 aliphatic carbocycles. The van der Waals surface area contributed by atoms with Crippen LogP contribution in [-0.2, 0) is 10.0 Å². The molecular formula is C16H18N4O3S. The summed E-state index contributed by atoms with van der Waals surface area (Å²) in [5, 5.41) is 4.14. The van der Waals surface area contributed by atoms with Gasteiger partial charge in [-0.1, -0.05) is 12.1 Å². The van der Waals surface area contributed by atoms with Crippen LogP contribution < -0.4 is 4.31 Å². The summed E-state index contributed by atoms with van der Waals surface area (Å²) in [7, 11) is -3.76. The Bertz CT molecular complexity index is 953. The van der Waals surface area contributed by atoms with Crippen LogP contribution >= 0.6 is 0 Å². The summed E-state index contributed by atoms with van der Waals surface area (Å²) >= 11 is 0. The van der Waals surface area contributed by atoms with E-state index in [0.717, 1.165) is 12.8 Å². The molecule has 1 aliphatic rings. The molecule has 0 aliphatic heterocycles. The van der Waals surface area contributed by atoms with Gasteiger partial charge >= 0.3 is 6.01 Å². The van der Waals surface area contributed by atoms with E-state index in [9.17, 15) is 8.42 Å². The lowest BCUT2D eigenvalue weighted by molar-refractivity contribution is 0.530. The number of fused-ring (bicyclic) bond motifs is 1. The Hall–Kier alpha value is -2.35. The van der Waals surface area contributed by atoms with Crippen LogP contribution in [0.5, 0.6) is 0 Å². The Morgan fingerprint density at radius 1 is 1.29 bits per heavy atom. The molecule has 2 aromatic heterocycles. The zero-order valence-electron chi connectivity index (χ0n) is 13.5. The second-order valence-corrected chi connectivity index (χ2v) is 8.06. The number of sulfonamides is 1. The van der Waals surface area contributed by atoms with Crippen LogP contribution in [0.2, 0.25) is 0 Å². The van der Waals surface area contributed by atoms with Crippen molar-refractivity contribution in [1.82, 2.24) is 14.8 Å². The van der Waals surface area contributed by atoms with E-state index < -0.39 is 10.0 Å². The van der Waals surface area contributed by atoms with Gasteiger partial charge < -0.3 is 4.42 Å². The van der Waals surface area contributed by atoms with Crippen molar-refractivity contribution in [3.8, 4) is 0 Å². The van der Waals surface area contributed by atoms with Gasteiger partial charge in [0.05, 0.1) is 12.2 Å². The standard InChI is InChI=1S/C16H18N4O3S/c1-11(2)19-10-13(9-17-19)24(21,22)20(12-7-8-12)16-18-14-5-3-4-6-15(14)23-16/h3-6,9-12H,7-8H2,1-2H3. The molecule has 0 bridgehead atoms. The smallest absolute Gasteiger partial charge is 0.312 e. The molecule has 1 fully saturated rings. The fraction of sp³-hybridized carbons (Fsp3) is 0.375. The maximum Gasteiger partial charge on any atom is 0.312 e. The van der Waals surface area contributed by atoms with Gasteiger partial charge in [0, 0.05) is 12.2 Å². The van der Waals surface area contributed by atoms with E-state index in [2.05, 4.69) is 10.1 Å². The molecule has 0 spiro atoms. The number of rotatable bonds is 5. The summed E-state index contributed by atoms with van der Waals surface area (Å²) < 4.78 is 34.8. The van der Waals surface area contributed by atoms with E-state index >= 15 is 0 Å². The number of para-hydroxylation sites is 2. The van der Waals surface area contributed by atoms with Crippen molar-refractivity contribution in [2.75, 3.05) is 4.31 Å². The molecule has 0 saturated heterocycles. The Morgan fingerprint density at radius 3 is 2.67 bits per heavy atom. The molecule has 0 radical (unpaired) electrons. The van der Waals surface area contributed by atoms with Gasteiger partial charge in [0.15, 0.2) is 5.58 Å². The summed E-state index contributed by atoms with van der Waals surface area (Å²) in [6, 6.07) is 7.36. The van der Waals surface area contributed by atoms with Gasteiger partial charge in [-0.15, -0.1) is 0 Å². The number of anilines is 1. The molecule has 7 nitrogen and oxygen atoms in total. The van der Waals surface area contributed by atoms with Crippen molar-refractivity contribution in [1.29, 1.82) is 0 Å². The largest absolute Gasteiger partial charge is 0.423 e. The van der Waals surface area contributed by atoms with Crippen molar-refractivity contribution in [3.05, 3.63) is 36.7 Å². The molecule has 24 heavy (non-hydrogen) atoms. The van der Waals surface area contributed by atoms with E-state index in [4.69, 9.17) is 4.42 Å². The van der Waals surface area contributed by atoms with E-state index in [1.807, 2.05) is 26.0 Å². The summed E-state index contributed by atoms with van der Waals surface area (Å²) in [4.78, 5) is 4.52. The normalized spacial score (nSPS) is 15.3. The third-order valence-electron chi connectivity index (χ3n) is 4.01. The van der Waals surface area contributed by atoms with Gasteiger partial charge in [-0.2, -0.15) is 10.1 Å². The molecule has 3 aromatic rings. The zero-order chi connectivity index (χ0) is 16.9. The lowest BCUT2D eigenvalue weighted by Gasteiger charge is -2.18. The van der Waals surface area contributed by atoms with E-state index in [1.165, 1.54) is 10.5 Å². The van der Waals surface area contributed by atoms with Crippen molar-refractivity contribution >= 4 is 27.1 Å². The third kappa shape index (κ3) is 2.47. The van der Waals surface area contributed by atoms with Gasteiger partial charge in [-0.25, -0.2) is 12.7 Å². The van der Waals surface area contributed by atoms with E-state index in [0.29, 0.717) is 11.1 Å². The summed E-state index contributed by atoms with van der Waals surface area (Å²) in [6.07, 6.45) is 4.54. The van der Waals surface area contributed by atoms with Crippen molar-refractivity contribution in [3.63, 3.8) is 0 Å². The number of hydrogen-bond donors (Lipinski definition) is 0. The SMILES string of the molecule is CC(C)n1cc(S(=O)(=O)N(c2nc3ccccc3o2)C2CC2)cn1. The topological polar surface area (TPSA) is 81.2 Å². The van der Waals surface area contributed by atoms with E-state index in [-0.39, 0.29) is 23.0 Å². The predicted octanol–water partition coefficient (Wildman–Crippen LogP) is 2.96. The molecule has 8 heteroatoms.